The molecule has 0 unspecified atom stereocenters. The first-order valence-electron chi connectivity index (χ1n) is 12.5. The summed E-state index contributed by atoms with van der Waals surface area (Å²) >= 11 is 7.66. The van der Waals surface area contributed by atoms with E-state index in [0.29, 0.717) is 11.0 Å². The van der Waals surface area contributed by atoms with Crippen LogP contribution in [-0.4, -0.2) is 12.4 Å². The summed E-state index contributed by atoms with van der Waals surface area (Å²) in [6, 6.07) is 35.4. The van der Waals surface area contributed by atoms with E-state index in [9.17, 15) is 8.42 Å². The molecule has 0 radical (unpaired) electrons. The number of aromatic nitrogens is 1. The molecule has 0 atom stereocenters. The van der Waals surface area contributed by atoms with Crippen LogP contribution < -0.4 is 0 Å². The van der Waals surface area contributed by atoms with Crippen LogP contribution in [-0.2, 0) is 10.0 Å². The fourth-order valence-electron chi connectivity index (χ4n) is 5.66. The lowest BCUT2D eigenvalue weighted by atomic mass is 9.92. The summed E-state index contributed by atoms with van der Waals surface area (Å²) in [4.78, 5) is 0.254. The Morgan fingerprint density at radius 2 is 1.21 bits per heavy atom. The molecule has 0 spiro atoms. The van der Waals surface area contributed by atoms with Crippen molar-refractivity contribution in [3.05, 3.63) is 124 Å². The Morgan fingerprint density at radius 1 is 0.615 bits per heavy atom. The topological polar surface area (TPSA) is 39.1 Å². The second-order valence-electron chi connectivity index (χ2n) is 9.70. The normalized spacial score (nSPS) is 12.2. The molecule has 0 bridgehead atoms. The molecule has 0 aliphatic rings. The van der Waals surface area contributed by atoms with Gasteiger partial charge in [0.2, 0.25) is 0 Å². The number of fused-ring (bicyclic) bond motifs is 6. The lowest BCUT2D eigenvalue weighted by molar-refractivity contribution is 0.590. The third-order valence-corrected chi connectivity index (χ3v) is 10.6. The minimum Gasteiger partial charge on any atom is -0.233 e. The molecule has 0 aliphatic heterocycles. The fourth-order valence-corrected chi connectivity index (χ4v) is 8.54. The highest BCUT2D eigenvalue weighted by Gasteiger charge is 2.27. The van der Waals surface area contributed by atoms with Crippen LogP contribution in [0.25, 0.3) is 54.5 Å². The molecule has 0 amide bonds. The minimum atomic E-state index is -3.94. The molecule has 190 valence electrons. The number of para-hydroxylation sites is 1. The summed E-state index contributed by atoms with van der Waals surface area (Å²) in [6.07, 6.45) is 0. The molecule has 0 saturated heterocycles. The number of benzene rings is 6. The van der Waals surface area contributed by atoms with Crippen LogP contribution in [0.15, 0.2) is 123 Å². The standard InChI is InChI=1S/C33H21Br2NO2S/c1-20-16-18-21(19-17-20)39(37,38)36-29-15-7-14-28(34)31(29)27-13-6-12-26(33(27)36)30-24-10-4-2-8-22(24)23-9-3-5-11-25(23)32(30)35/h2-19H,1H3. The van der Waals surface area contributed by atoms with Crippen molar-refractivity contribution in [2.45, 2.75) is 11.8 Å². The average molecular weight is 655 g/mol. The highest BCUT2D eigenvalue weighted by atomic mass is 79.9. The van der Waals surface area contributed by atoms with Gasteiger partial charge in [0, 0.05) is 30.8 Å². The maximum absolute atomic E-state index is 14.4. The molecular formula is C33H21Br2NO2S. The van der Waals surface area contributed by atoms with Crippen LogP contribution in [0.1, 0.15) is 5.56 Å². The number of aryl methyl sites for hydroxylation is 1. The van der Waals surface area contributed by atoms with E-state index in [1.807, 2.05) is 79.7 Å². The zero-order chi connectivity index (χ0) is 26.9. The number of nitrogens with zero attached hydrogens (tertiary/aromatic N) is 1. The first-order valence-corrected chi connectivity index (χ1v) is 15.5. The smallest absolute Gasteiger partial charge is 0.233 e. The van der Waals surface area contributed by atoms with Crippen molar-refractivity contribution in [2.75, 3.05) is 0 Å². The van der Waals surface area contributed by atoms with Crippen LogP contribution in [0.3, 0.4) is 0 Å². The van der Waals surface area contributed by atoms with Crippen molar-refractivity contribution >= 4 is 85.2 Å². The van der Waals surface area contributed by atoms with E-state index in [1.54, 1.807) is 12.1 Å². The van der Waals surface area contributed by atoms with Crippen molar-refractivity contribution < 1.29 is 8.42 Å². The first kappa shape index (κ1) is 24.6. The summed E-state index contributed by atoms with van der Waals surface area (Å²) in [7, 11) is -3.94. The first-order chi connectivity index (χ1) is 18.9. The second-order valence-corrected chi connectivity index (χ2v) is 13.1. The zero-order valence-corrected chi connectivity index (χ0v) is 24.8. The minimum absolute atomic E-state index is 0.254. The van der Waals surface area contributed by atoms with Crippen LogP contribution in [0.5, 0.6) is 0 Å². The zero-order valence-electron chi connectivity index (χ0n) is 20.8. The van der Waals surface area contributed by atoms with Crippen LogP contribution in [0.2, 0.25) is 0 Å². The van der Waals surface area contributed by atoms with Crippen molar-refractivity contribution in [2.24, 2.45) is 0 Å². The van der Waals surface area contributed by atoms with E-state index in [0.717, 1.165) is 58.0 Å². The highest BCUT2D eigenvalue weighted by molar-refractivity contribution is 9.11. The SMILES string of the molecule is Cc1ccc(S(=O)(=O)n2c3cccc(Br)c3c3cccc(-c4c(Br)c5ccccc5c5ccccc45)c32)cc1. The van der Waals surface area contributed by atoms with E-state index in [1.165, 1.54) is 3.97 Å². The maximum Gasteiger partial charge on any atom is 0.268 e. The third kappa shape index (κ3) is 3.62. The Morgan fingerprint density at radius 3 is 1.92 bits per heavy atom. The Balaban J connectivity index is 1.71. The Bertz CT molecular complexity index is 2220. The maximum atomic E-state index is 14.4. The van der Waals surface area contributed by atoms with Crippen molar-refractivity contribution in [1.82, 2.24) is 3.97 Å². The highest BCUT2D eigenvalue weighted by Crippen LogP contribution is 2.47. The van der Waals surface area contributed by atoms with Crippen LogP contribution >= 0.6 is 31.9 Å². The van der Waals surface area contributed by atoms with Gasteiger partial charge in [-0.15, -0.1) is 0 Å². The molecule has 0 fully saturated rings. The Kier molecular flexibility index (Phi) is 5.70. The summed E-state index contributed by atoms with van der Waals surface area (Å²) < 4.78 is 32.2. The largest absolute Gasteiger partial charge is 0.268 e. The summed E-state index contributed by atoms with van der Waals surface area (Å²) in [5.41, 5.74) is 4.11. The molecule has 6 aromatic carbocycles. The molecule has 6 heteroatoms. The molecule has 39 heavy (non-hydrogen) atoms. The van der Waals surface area contributed by atoms with Gasteiger partial charge in [0.05, 0.1) is 15.9 Å². The van der Waals surface area contributed by atoms with Gasteiger partial charge in [-0.3, -0.25) is 0 Å². The lowest BCUT2D eigenvalue weighted by Gasteiger charge is -2.17. The summed E-state index contributed by atoms with van der Waals surface area (Å²) in [5, 5.41) is 6.13. The predicted molar refractivity (Wildman–Crippen MR) is 169 cm³/mol. The molecule has 1 heterocycles. The number of hydrogen-bond donors (Lipinski definition) is 0. The third-order valence-electron chi connectivity index (χ3n) is 7.42. The molecule has 0 saturated carbocycles. The van der Waals surface area contributed by atoms with Crippen molar-refractivity contribution in [1.29, 1.82) is 0 Å². The van der Waals surface area contributed by atoms with Crippen molar-refractivity contribution in [3.63, 3.8) is 0 Å². The summed E-state index contributed by atoms with van der Waals surface area (Å²) in [5.74, 6) is 0. The molecule has 0 N–H and O–H groups in total. The van der Waals surface area contributed by atoms with Gasteiger partial charge in [0.15, 0.2) is 0 Å². The van der Waals surface area contributed by atoms with Gasteiger partial charge in [-0.1, -0.05) is 106 Å². The van der Waals surface area contributed by atoms with Gasteiger partial charge >= 0.3 is 0 Å². The van der Waals surface area contributed by atoms with Gasteiger partial charge in [-0.2, -0.15) is 0 Å². The monoisotopic (exact) mass is 653 g/mol. The Labute approximate surface area is 243 Å². The average Bonchev–Trinajstić information content (AvgIpc) is 3.31. The van der Waals surface area contributed by atoms with E-state index in [2.05, 4.69) is 56.1 Å². The molecule has 3 nitrogen and oxygen atoms in total. The fraction of sp³-hybridized carbons (Fsp3) is 0.0303. The van der Waals surface area contributed by atoms with Crippen molar-refractivity contribution in [3.8, 4) is 11.1 Å². The number of rotatable bonds is 3. The molecular weight excluding hydrogens is 634 g/mol. The van der Waals surface area contributed by atoms with Gasteiger partial charge in [-0.25, -0.2) is 12.4 Å². The van der Waals surface area contributed by atoms with Gasteiger partial charge < -0.3 is 0 Å². The van der Waals surface area contributed by atoms with Crippen LogP contribution in [0, 0.1) is 6.92 Å². The second kappa shape index (κ2) is 9.05. The quantitative estimate of drug-likeness (QED) is 0.178. The predicted octanol–water partition coefficient (Wildman–Crippen LogP) is 9.84. The molecule has 7 aromatic rings. The van der Waals surface area contributed by atoms with E-state index in [-0.39, 0.29) is 4.90 Å². The van der Waals surface area contributed by atoms with Gasteiger partial charge in [0.1, 0.15) is 0 Å². The van der Waals surface area contributed by atoms with E-state index < -0.39 is 10.0 Å². The van der Waals surface area contributed by atoms with E-state index >= 15 is 0 Å². The molecule has 7 rings (SSSR count). The van der Waals surface area contributed by atoms with Gasteiger partial charge in [0.25, 0.3) is 10.0 Å². The number of hydrogen-bond acceptors (Lipinski definition) is 2. The number of halogens is 2. The van der Waals surface area contributed by atoms with E-state index in [4.69, 9.17) is 0 Å². The Hall–Kier alpha value is -3.45. The summed E-state index contributed by atoms with van der Waals surface area (Å²) in [6.45, 7) is 1.95. The molecule has 0 aliphatic carbocycles. The lowest BCUT2D eigenvalue weighted by Crippen LogP contribution is -2.13. The van der Waals surface area contributed by atoms with Crippen LogP contribution in [0.4, 0.5) is 0 Å². The van der Waals surface area contributed by atoms with Gasteiger partial charge in [-0.05, 0) is 68.7 Å². The molecule has 1 aromatic heterocycles.